The Hall–Kier alpha value is -1.01. The van der Waals surface area contributed by atoms with Crippen LogP contribution in [0.2, 0.25) is 0 Å². The molecule has 0 saturated carbocycles. The number of hydrogen-bond acceptors (Lipinski definition) is 3. The normalized spacial score (nSPS) is 10.1. The average molecular weight is 345 g/mol. The maximum Gasteiger partial charge on any atom is 0.239 e. The van der Waals surface area contributed by atoms with Gasteiger partial charge in [-0.3, -0.25) is 9.59 Å². The molecule has 0 atom stereocenters. The summed E-state index contributed by atoms with van der Waals surface area (Å²) in [5.41, 5.74) is 2.26. The van der Waals surface area contributed by atoms with E-state index in [2.05, 4.69) is 32.6 Å². The zero-order chi connectivity index (χ0) is 14.4. The quantitative estimate of drug-likeness (QED) is 0.803. The Kier molecular flexibility index (Phi) is 6.37. The van der Waals surface area contributed by atoms with Gasteiger partial charge < -0.3 is 10.6 Å². The molecule has 0 spiro atoms. The molecule has 1 rings (SSSR count). The molecule has 0 unspecified atom stereocenters. The lowest BCUT2D eigenvalue weighted by Crippen LogP contribution is -2.36. The van der Waals surface area contributed by atoms with Crippen molar-refractivity contribution in [3.05, 3.63) is 27.7 Å². The van der Waals surface area contributed by atoms with Crippen LogP contribution in [0.4, 0.5) is 0 Å². The van der Waals surface area contributed by atoms with Crippen molar-refractivity contribution >= 4 is 39.5 Å². The summed E-state index contributed by atoms with van der Waals surface area (Å²) in [6.07, 6.45) is 0. The van der Waals surface area contributed by atoms with E-state index in [1.54, 1.807) is 0 Å². The minimum absolute atomic E-state index is 0.0221. The van der Waals surface area contributed by atoms with Crippen molar-refractivity contribution in [2.24, 2.45) is 0 Å². The molecule has 19 heavy (non-hydrogen) atoms. The molecule has 0 fully saturated rings. The highest BCUT2D eigenvalue weighted by Gasteiger charge is 2.08. The van der Waals surface area contributed by atoms with E-state index in [0.717, 1.165) is 20.5 Å². The Morgan fingerprint density at radius 3 is 2.53 bits per heavy atom. The first kappa shape index (κ1) is 16.0. The van der Waals surface area contributed by atoms with Crippen LogP contribution in [0.1, 0.15) is 11.1 Å². The first-order valence-electron chi connectivity index (χ1n) is 5.81. The van der Waals surface area contributed by atoms with E-state index >= 15 is 0 Å². The number of amides is 2. The fourth-order valence-corrected chi connectivity index (χ4v) is 2.76. The number of nitrogens with one attached hydrogen (secondary N) is 2. The van der Waals surface area contributed by atoms with Crippen LogP contribution in [0.5, 0.6) is 0 Å². The van der Waals surface area contributed by atoms with E-state index in [9.17, 15) is 9.59 Å². The Balaban J connectivity index is 2.51. The summed E-state index contributed by atoms with van der Waals surface area (Å²) in [7, 11) is 1.54. The molecule has 0 aliphatic heterocycles. The number of likely N-dealkylation sites (N-methyl/N-ethyl adjacent to an activating group) is 1. The number of hydrogen-bond donors (Lipinski definition) is 2. The molecule has 104 valence electrons. The lowest BCUT2D eigenvalue weighted by atomic mass is 10.2. The zero-order valence-electron chi connectivity index (χ0n) is 11.2. The number of carbonyl (C=O) groups excluding carboxylic acids is 2. The Morgan fingerprint density at radius 1 is 1.21 bits per heavy atom. The van der Waals surface area contributed by atoms with E-state index < -0.39 is 0 Å². The second-order valence-electron chi connectivity index (χ2n) is 4.11. The van der Waals surface area contributed by atoms with Gasteiger partial charge in [-0.15, -0.1) is 11.8 Å². The second kappa shape index (κ2) is 7.55. The molecule has 0 aliphatic carbocycles. The molecule has 0 aromatic heterocycles. The SMILES string of the molecule is CNC(=O)CNC(=O)CSc1cc(C)c(Br)cc1C. The van der Waals surface area contributed by atoms with Crippen molar-refractivity contribution in [1.82, 2.24) is 10.6 Å². The van der Waals surface area contributed by atoms with E-state index in [0.29, 0.717) is 5.75 Å². The number of rotatable bonds is 5. The van der Waals surface area contributed by atoms with Crippen molar-refractivity contribution in [3.63, 3.8) is 0 Å². The summed E-state index contributed by atoms with van der Waals surface area (Å²) in [4.78, 5) is 23.6. The number of thioether (sulfide) groups is 1. The molecule has 1 aromatic carbocycles. The van der Waals surface area contributed by atoms with Gasteiger partial charge in [0.25, 0.3) is 0 Å². The van der Waals surface area contributed by atoms with Crippen molar-refractivity contribution in [3.8, 4) is 0 Å². The number of halogens is 1. The van der Waals surface area contributed by atoms with Gasteiger partial charge in [-0.05, 0) is 37.1 Å². The lowest BCUT2D eigenvalue weighted by molar-refractivity contribution is -0.124. The van der Waals surface area contributed by atoms with E-state index in [-0.39, 0.29) is 18.4 Å². The van der Waals surface area contributed by atoms with Gasteiger partial charge in [-0.25, -0.2) is 0 Å². The van der Waals surface area contributed by atoms with Crippen LogP contribution in [0.25, 0.3) is 0 Å². The highest BCUT2D eigenvalue weighted by atomic mass is 79.9. The smallest absolute Gasteiger partial charge is 0.239 e. The van der Waals surface area contributed by atoms with Gasteiger partial charge in [0.2, 0.25) is 11.8 Å². The predicted octanol–water partition coefficient (Wildman–Crippen LogP) is 2.02. The number of carbonyl (C=O) groups is 2. The topological polar surface area (TPSA) is 58.2 Å². The number of benzene rings is 1. The predicted molar refractivity (Wildman–Crippen MR) is 81.4 cm³/mol. The lowest BCUT2D eigenvalue weighted by Gasteiger charge is -2.09. The molecular formula is C13H17BrN2O2S. The molecular weight excluding hydrogens is 328 g/mol. The molecule has 0 saturated heterocycles. The average Bonchev–Trinajstić information content (AvgIpc) is 2.38. The highest BCUT2D eigenvalue weighted by Crippen LogP contribution is 2.28. The van der Waals surface area contributed by atoms with Crippen molar-refractivity contribution < 1.29 is 9.59 Å². The fourth-order valence-electron chi connectivity index (χ4n) is 1.37. The maximum atomic E-state index is 11.6. The summed E-state index contributed by atoms with van der Waals surface area (Å²) >= 11 is 4.95. The Morgan fingerprint density at radius 2 is 1.89 bits per heavy atom. The van der Waals surface area contributed by atoms with Gasteiger partial charge in [0.1, 0.15) is 0 Å². The summed E-state index contributed by atoms with van der Waals surface area (Å²) < 4.78 is 1.07. The van der Waals surface area contributed by atoms with Crippen molar-refractivity contribution in [1.29, 1.82) is 0 Å². The fraction of sp³-hybridized carbons (Fsp3) is 0.385. The monoisotopic (exact) mass is 344 g/mol. The summed E-state index contributed by atoms with van der Waals surface area (Å²) in [5, 5.41) is 5.02. The first-order valence-corrected chi connectivity index (χ1v) is 7.58. The summed E-state index contributed by atoms with van der Waals surface area (Å²) in [6.45, 7) is 4.04. The molecule has 0 aliphatic rings. The third kappa shape index (κ3) is 5.24. The largest absolute Gasteiger partial charge is 0.358 e. The molecule has 6 heteroatoms. The van der Waals surface area contributed by atoms with Gasteiger partial charge in [-0.1, -0.05) is 15.9 Å². The van der Waals surface area contributed by atoms with E-state index in [1.165, 1.54) is 18.8 Å². The molecule has 0 radical (unpaired) electrons. The minimum atomic E-state index is -0.200. The van der Waals surface area contributed by atoms with Crippen LogP contribution >= 0.6 is 27.7 Å². The van der Waals surface area contributed by atoms with Crippen LogP contribution < -0.4 is 10.6 Å². The van der Waals surface area contributed by atoms with Gasteiger partial charge >= 0.3 is 0 Å². The van der Waals surface area contributed by atoms with Gasteiger partial charge in [0.05, 0.1) is 12.3 Å². The van der Waals surface area contributed by atoms with Crippen molar-refractivity contribution in [2.45, 2.75) is 18.7 Å². The molecule has 1 aromatic rings. The van der Waals surface area contributed by atoms with Gasteiger partial charge in [0, 0.05) is 16.4 Å². The Bertz CT molecular complexity index is 492. The zero-order valence-corrected chi connectivity index (χ0v) is 13.6. The molecule has 2 N–H and O–H groups in total. The second-order valence-corrected chi connectivity index (χ2v) is 5.98. The van der Waals surface area contributed by atoms with Gasteiger partial charge in [-0.2, -0.15) is 0 Å². The van der Waals surface area contributed by atoms with Crippen LogP contribution in [0.3, 0.4) is 0 Å². The van der Waals surface area contributed by atoms with Crippen LogP contribution in [-0.2, 0) is 9.59 Å². The molecule has 0 bridgehead atoms. The maximum absolute atomic E-state index is 11.6. The Labute approximate surface area is 125 Å². The van der Waals surface area contributed by atoms with Crippen LogP contribution in [0.15, 0.2) is 21.5 Å². The minimum Gasteiger partial charge on any atom is -0.358 e. The van der Waals surface area contributed by atoms with Crippen molar-refractivity contribution in [2.75, 3.05) is 19.3 Å². The van der Waals surface area contributed by atoms with Gasteiger partial charge in [0.15, 0.2) is 0 Å². The standard InChI is InChI=1S/C13H17BrN2O2S/c1-8-5-11(9(2)4-10(8)14)19-7-13(18)16-6-12(17)15-3/h4-5H,6-7H2,1-3H3,(H,15,17)(H,16,18). The molecule has 4 nitrogen and oxygen atoms in total. The summed E-state index contributed by atoms with van der Waals surface area (Å²) in [5.74, 6) is -0.0404. The van der Waals surface area contributed by atoms with E-state index in [4.69, 9.17) is 0 Å². The van der Waals surface area contributed by atoms with Crippen LogP contribution in [0, 0.1) is 13.8 Å². The third-order valence-corrected chi connectivity index (χ3v) is 4.55. The molecule has 2 amide bonds. The van der Waals surface area contributed by atoms with Crippen LogP contribution in [-0.4, -0.2) is 31.2 Å². The first-order chi connectivity index (χ1) is 8.93. The molecule has 0 heterocycles. The van der Waals surface area contributed by atoms with E-state index in [1.807, 2.05) is 19.9 Å². The summed E-state index contributed by atoms with van der Waals surface area (Å²) in [6, 6.07) is 4.09. The third-order valence-electron chi connectivity index (χ3n) is 2.54. The highest BCUT2D eigenvalue weighted by molar-refractivity contribution is 9.10. The number of aryl methyl sites for hydroxylation is 2.